The first-order valence-corrected chi connectivity index (χ1v) is 8.05. The SMILES string of the molecule is CN1C(=O)[C@H]2CN(C(=O)c3ccccc3Cl)CCN2C(=O)[C@@H]1CO. The van der Waals surface area contributed by atoms with Crippen LogP contribution in [0, 0.1) is 0 Å². The van der Waals surface area contributed by atoms with E-state index in [4.69, 9.17) is 11.6 Å². The molecule has 2 fully saturated rings. The Hall–Kier alpha value is -2.12. The smallest absolute Gasteiger partial charge is 0.255 e. The number of amides is 3. The number of aliphatic hydroxyl groups is 1. The molecule has 8 heteroatoms. The first-order valence-electron chi connectivity index (χ1n) is 7.67. The van der Waals surface area contributed by atoms with Gasteiger partial charge in [0.25, 0.3) is 5.91 Å². The van der Waals surface area contributed by atoms with Crippen LogP contribution in [0.5, 0.6) is 0 Å². The summed E-state index contributed by atoms with van der Waals surface area (Å²) in [7, 11) is 1.49. The summed E-state index contributed by atoms with van der Waals surface area (Å²) in [6, 6.07) is 5.18. The molecular weight excluding hydrogens is 334 g/mol. The molecule has 0 saturated carbocycles. The van der Waals surface area contributed by atoms with E-state index in [-0.39, 0.29) is 30.8 Å². The Bertz CT molecular complexity index is 696. The average Bonchev–Trinajstić information content (AvgIpc) is 2.60. The largest absolute Gasteiger partial charge is 0.394 e. The number of rotatable bonds is 2. The summed E-state index contributed by atoms with van der Waals surface area (Å²) in [6.07, 6.45) is 0. The molecule has 1 aromatic carbocycles. The second kappa shape index (κ2) is 6.41. The molecule has 128 valence electrons. The van der Waals surface area contributed by atoms with Crippen molar-refractivity contribution >= 4 is 29.3 Å². The first kappa shape index (κ1) is 16.7. The number of halogens is 1. The molecule has 2 aliphatic heterocycles. The fourth-order valence-electron chi connectivity index (χ4n) is 3.19. The van der Waals surface area contributed by atoms with Gasteiger partial charge in [0.15, 0.2) is 0 Å². The van der Waals surface area contributed by atoms with E-state index in [0.717, 1.165) is 0 Å². The summed E-state index contributed by atoms with van der Waals surface area (Å²) < 4.78 is 0. The third-order valence-corrected chi connectivity index (χ3v) is 4.94. The van der Waals surface area contributed by atoms with Crippen LogP contribution in [0.25, 0.3) is 0 Å². The maximum absolute atomic E-state index is 12.7. The minimum atomic E-state index is -0.848. The van der Waals surface area contributed by atoms with Crippen LogP contribution in [0.2, 0.25) is 5.02 Å². The summed E-state index contributed by atoms with van der Waals surface area (Å²) >= 11 is 6.07. The molecule has 2 heterocycles. The zero-order chi connectivity index (χ0) is 17.4. The van der Waals surface area contributed by atoms with E-state index in [1.54, 1.807) is 29.2 Å². The molecule has 24 heavy (non-hydrogen) atoms. The lowest BCUT2D eigenvalue weighted by molar-refractivity contribution is -0.164. The van der Waals surface area contributed by atoms with Crippen molar-refractivity contribution in [3.63, 3.8) is 0 Å². The molecule has 2 atom stereocenters. The topological polar surface area (TPSA) is 81.2 Å². The third-order valence-electron chi connectivity index (χ3n) is 4.61. The zero-order valence-corrected chi connectivity index (χ0v) is 13.9. The second-order valence-electron chi connectivity index (χ2n) is 5.93. The molecule has 3 rings (SSSR count). The summed E-state index contributed by atoms with van der Waals surface area (Å²) in [5.74, 6) is -0.813. The fourth-order valence-corrected chi connectivity index (χ4v) is 3.41. The molecule has 0 radical (unpaired) electrons. The summed E-state index contributed by atoms with van der Waals surface area (Å²) in [5, 5.41) is 9.69. The van der Waals surface area contributed by atoms with Crippen molar-refractivity contribution in [3.05, 3.63) is 34.9 Å². The monoisotopic (exact) mass is 351 g/mol. The number of hydrogen-bond acceptors (Lipinski definition) is 4. The minimum absolute atomic E-state index is 0.122. The lowest BCUT2D eigenvalue weighted by Gasteiger charge is -2.47. The number of carbonyl (C=O) groups excluding carboxylic acids is 3. The predicted molar refractivity (Wildman–Crippen MR) is 86.5 cm³/mol. The van der Waals surface area contributed by atoms with Crippen LogP contribution in [0.15, 0.2) is 24.3 Å². The standard InChI is InChI=1S/C16H18ClN3O4/c1-18-13(9-21)16(24)20-7-6-19(8-12(20)15(18)23)14(22)10-4-2-3-5-11(10)17/h2-5,12-13,21H,6-9H2,1H3/t12-,13+/m1/s1. The summed E-state index contributed by atoms with van der Waals surface area (Å²) in [4.78, 5) is 41.8. The lowest BCUT2D eigenvalue weighted by Crippen LogP contribution is -2.70. The number of likely N-dealkylation sites (N-methyl/N-ethyl adjacent to an activating group) is 1. The Morgan fingerprint density at radius 3 is 2.62 bits per heavy atom. The van der Waals surface area contributed by atoms with Crippen LogP contribution < -0.4 is 0 Å². The highest BCUT2D eigenvalue weighted by Gasteiger charge is 2.47. The number of nitrogens with zero attached hydrogens (tertiary/aromatic N) is 3. The predicted octanol–water partition coefficient (Wildman–Crippen LogP) is -0.174. The zero-order valence-electron chi connectivity index (χ0n) is 13.2. The molecule has 3 amide bonds. The summed E-state index contributed by atoms with van der Waals surface area (Å²) in [6.45, 7) is 0.293. The van der Waals surface area contributed by atoms with E-state index in [1.807, 2.05) is 0 Å². The minimum Gasteiger partial charge on any atom is -0.394 e. The highest BCUT2D eigenvalue weighted by Crippen LogP contribution is 2.23. The Kier molecular flexibility index (Phi) is 4.47. The van der Waals surface area contributed by atoms with E-state index < -0.39 is 18.7 Å². The number of benzene rings is 1. The Morgan fingerprint density at radius 2 is 1.96 bits per heavy atom. The number of carbonyl (C=O) groups is 3. The van der Waals surface area contributed by atoms with Gasteiger partial charge in [0, 0.05) is 20.1 Å². The molecule has 0 unspecified atom stereocenters. The molecular formula is C16H18ClN3O4. The molecule has 0 bridgehead atoms. The normalized spacial score (nSPS) is 24.2. The van der Waals surface area contributed by atoms with Gasteiger partial charge in [-0.05, 0) is 12.1 Å². The van der Waals surface area contributed by atoms with Crippen molar-refractivity contribution in [2.45, 2.75) is 12.1 Å². The highest BCUT2D eigenvalue weighted by molar-refractivity contribution is 6.33. The maximum atomic E-state index is 12.7. The molecule has 1 N–H and O–H groups in total. The van der Waals surface area contributed by atoms with Gasteiger partial charge in [0.1, 0.15) is 12.1 Å². The van der Waals surface area contributed by atoms with Crippen LogP contribution in [0.3, 0.4) is 0 Å². The molecule has 0 aromatic heterocycles. The van der Waals surface area contributed by atoms with Gasteiger partial charge in [-0.3, -0.25) is 14.4 Å². The second-order valence-corrected chi connectivity index (χ2v) is 6.33. The average molecular weight is 352 g/mol. The molecule has 0 spiro atoms. The van der Waals surface area contributed by atoms with Gasteiger partial charge in [-0.25, -0.2) is 0 Å². The van der Waals surface area contributed by atoms with Crippen molar-refractivity contribution in [1.29, 1.82) is 0 Å². The summed E-state index contributed by atoms with van der Waals surface area (Å²) in [5.41, 5.74) is 0.379. The van der Waals surface area contributed by atoms with Crippen molar-refractivity contribution in [3.8, 4) is 0 Å². The van der Waals surface area contributed by atoms with E-state index >= 15 is 0 Å². The third kappa shape index (κ3) is 2.63. The van der Waals surface area contributed by atoms with Gasteiger partial charge in [0.05, 0.1) is 23.7 Å². The van der Waals surface area contributed by atoms with Crippen molar-refractivity contribution < 1.29 is 19.5 Å². The van der Waals surface area contributed by atoms with E-state index in [9.17, 15) is 19.5 Å². The van der Waals surface area contributed by atoms with Crippen LogP contribution in [0.1, 0.15) is 10.4 Å². The van der Waals surface area contributed by atoms with Gasteiger partial charge in [-0.2, -0.15) is 0 Å². The van der Waals surface area contributed by atoms with Crippen molar-refractivity contribution in [1.82, 2.24) is 14.7 Å². The van der Waals surface area contributed by atoms with Gasteiger partial charge in [-0.15, -0.1) is 0 Å². The van der Waals surface area contributed by atoms with Crippen LogP contribution in [0.4, 0.5) is 0 Å². The highest BCUT2D eigenvalue weighted by atomic mass is 35.5. The lowest BCUT2D eigenvalue weighted by atomic mass is 10.0. The Labute approximate surface area is 144 Å². The quantitative estimate of drug-likeness (QED) is 0.802. The Morgan fingerprint density at radius 1 is 1.25 bits per heavy atom. The van der Waals surface area contributed by atoms with E-state index in [2.05, 4.69) is 0 Å². The van der Waals surface area contributed by atoms with Gasteiger partial charge >= 0.3 is 0 Å². The van der Waals surface area contributed by atoms with Gasteiger partial charge < -0.3 is 19.8 Å². The van der Waals surface area contributed by atoms with E-state index in [0.29, 0.717) is 17.1 Å². The number of fused-ring (bicyclic) bond motifs is 1. The van der Waals surface area contributed by atoms with E-state index in [1.165, 1.54) is 16.8 Å². The van der Waals surface area contributed by atoms with Crippen molar-refractivity contribution in [2.24, 2.45) is 0 Å². The number of aliphatic hydroxyl groups excluding tert-OH is 1. The fraction of sp³-hybridized carbons (Fsp3) is 0.438. The first-order chi connectivity index (χ1) is 11.5. The number of piperazine rings is 2. The number of hydrogen-bond donors (Lipinski definition) is 1. The molecule has 2 aliphatic rings. The van der Waals surface area contributed by atoms with Crippen LogP contribution in [-0.4, -0.2) is 82.9 Å². The Balaban J connectivity index is 1.81. The van der Waals surface area contributed by atoms with Crippen molar-refractivity contribution in [2.75, 3.05) is 33.3 Å². The van der Waals surface area contributed by atoms with Crippen LogP contribution >= 0.6 is 11.6 Å². The van der Waals surface area contributed by atoms with Gasteiger partial charge in [0.2, 0.25) is 11.8 Å². The molecule has 1 aromatic rings. The molecule has 0 aliphatic carbocycles. The maximum Gasteiger partial charge on any atom is 0.255 e. The van der Waals surface area contributed by atoms with Crippen LogP contribution in [-0.2, 0) is 9.59 Å². The molecule has 2 saturated heterocycles. The van der Waals surface area contributed by atoms with Gasteiger partial charge in [-0.1, -0.05) is 23.7 Å². The molecule has 7 nitrogen and oxygen atoms in total.